The van der Waals surface area contributed by atoms with Crippen LogP contribution >= 0.6 is 0 Å². The van der Waals surface area contributed by atoms with Crippen molar-refractivity contribution in [2.45, 2.75) is 25.7 Å². The number of fused-ring (bicyclic) bond motifs is 1. The second-order valence-electron chi connectivity index (χ2n) is 3.21. The van der Waals surface area contributed by atoms with Crippen molar-refractivity contribution in [1.82, 2.24) is 20.1 Å². The number of nitrogens with zero attached hydrogens (tertiary/aromatic N) is 3. The molecule has 4 nitrogen and oxygen atoms in total. The molecular formula is C7H9F3N4. The van der Waals surface area contributed by atoms with E-state index in [1.807, 2.05) is 0 Å². The van der Waals surface area contributed by atoms with Crippen LogP contribution in [0.15, 0.2) is 0 Å². The molecule has 0 saturated heterocycles. The Hall–Kier alpha value is -1.11. The van der Waals surface area contributed by atoms with Gasteiger partial charge in [-0.1, -0.05) is 0 Å². The van der Waals surface area contributed by atoms with Crippen molar-refractivity contribution in [2.24, 2.45) is 0 Å². The molecule has 1 aliphatic heterocycles. The quantitative estimate of drug-likeness (QED) is 0.687. The van der Waals surface area contributed by atoms with Crippen LogP contribution in [0.2, 0.25) is 0 Å². The molecule has 1 N–H and O–H groups in total. The molecule has 1 atom stereocenters. The first-order valence-electron chi connectivity index (χ1n) is 4.24. The minimum Gasteiger partial charge on any atom is -0.306 e. The maximum Gasteiger partial charge on any atom is 0.451 e. The predicted octanol–water partition coefficient (Wildman–Crippen LogP) is 0.961. The molecule has 2 rings (SSSR count). The maximum absolute atomic E-state index is 12.4. The molecule has 0 spiro atoms. The fourth-order valence-electron chi connectivity index (χ4n) is 1.55. The largest absolute Gasteiger partial charge is 0.451 e. The molecule has 0 fully saturated rings. The molecule has 1 aromatic heterocycles. The highest BCUT2D eigenvalue weighted by Crippen LogP contribution is 2.30. The molecule has 0 aliphatic carbocycles. The van der Waals surface area contributed by atoms with Gasteiger partial charge in [-0.25, -0.2) is 0 Å². The number of hydrogen-bond donors (Lipinski definition) is 1. The summed E-state index contributed by atoms with van der Waals surface area (Å²) in [5.74, 6) is -0.551. The van der Waals surface area contributed by atoms with E-state index in [0.29, 0.717) is 12.4 Å². The van der Waals surface area contributed by atoms with Gasteiger partial charge in [0, 0.05) is 13.1 Å². The SMILES string of the molecule is CC1NCCn2c1nnc2C(F)(F)F. The first-order valence-corrected chi connectivity index (χ1v) is 4.24. The topological polar surface area (TPSA) is 42.7 Å². The third kappa shape index (κ3) is 1.37. The highest BCUT2D eigenvalue weighted by molar-refractivity contribution is 5.05. The van der Waals surface area contributed by atoms with E-state index in [1.165, 1.54) is 0 Å². The molecule has 1 aromatic rings. The number of alkyl halides is 3. The molecule has 7 heteroatoms. The third-order valence-corrected chi connectivity index (χ3v) is 2.21. The second-order valence-corrected chi connectivity index (χ2v) is 3.21. The van der Waals surface area contributed by atoms with Crippen LogP contribution in [0.5, 0.6) is 0 Å². The third-order valence-electron chi connectivity index (χ3n) is 2.21. The van der Waals surface area contributed by atoms with Gasteiger partial charge in [-0.05, 0) is 6.92 Å². The molecule has 78 valence electrons. The Morgan fingerprint density at radius 1 is 1.43 bits per heavy atom. The average molecular weight is 206 g/mol. The van der Waals surface area contributed by atoms with Crippen LogP contribution < -0.4 is 5.32 Å². The van der Waals surface area contributed by atoms with Crippen molar-refractivity contribution in [3.63, 3.8) is 0 Å². The Morgan fingerprint density at radius 2 is 2.14 bits per heavy atom. The highest BCUT2D eigenvalue weighted by atomic mass is 19.4. The summed E-state index contributed by atoms with van der Waals surface area (Å²) in [6.45, 7) is 2.54. The van der Waals surface area contributed by atoms with Gasteiger partial charge in [0.1, 0.15) is 5.82 Å². The van der Waals surface area contributed by atoms with E-state index in [1.54, 1.807) is 6.92 Å². The number of aromatic nitrogens is 3. The Morgan fingerprint density at radius 3 is 2.79 bits per heavy atom. The number of nitrogens with one attached hydrogen (secondary N) is 1. The van der Waals surface area contributed by atoms with Crippen LogP contribution in [0.1, 0.15) is 24.6 Å². The monoisotopic (exact) mass is 206 g/mol. The minimum atomic E-state index is -4.41. The smallest absolute Gasteiger partial charge is 0.306 e. The predicted molar refractivity (Wildman–Crippen MR) is 41.4 cm³/mol. The molecule has 0 radical (unpaired) electrons. The van der Waals surface area contributed by atoms with Crippen molar-refractivity contribution in [1.29, 1.82) is 0 Å². The number of rotatable bonds is 0. The van der Waals surface area contributed by atoms with Gasteiger partial charge in [-0.15, -0.1) is 10.2 Å². The molecular weight excluding hydrogens is 197 g/mol. The van der Waals surface area contributed by atoms with E-state index in [0.717, 1.165) is 4.57 Å². The van der Waals surface area contributed by atoms with E-state index in [9.17, 15) is 13.2 Å². The van der Waals surface area contributed by atoms with Crippen molar-refractivity contribution in [3.8, 4) is 0 Å². The van der Waals surface area contributed by atoms with Gasteiger partial charge in [0.2, 0.25) is 5.82 Å². The van der Waals surface area contributed by atoms with Crippen molar-refractivity contribution in [3.05, 3.63) is 11.6 Å². The van der Waals surface area contributed by atoms with Crippen LogP contribution in [0.4, 0.5) is 13.2 Å². The minimum absolute atomic E-state index is 0.174. The fraction of sp³-hybridized carbons (Fsp3) is 0.714. The normalized spacial score (nSPS) is 22.1. The summed E-state index contributed by atoms with van der Waals surface area (Å²) >= 11 is 0. The van der Waals surface area contributed by atoms with E-state index in [4.69, 9.17) is 0 Å². The summed E-state index contributed by atoms with van der Waals surface area (Å²) in [6, 6.07) is -0.174. The lowest BCUT2D eigenvalue weighted by Crippen LogP contribution is -2.33. The Kier molecular flexibility index (Phi) is 1.99. The summed E-state index contributed by atoms with van der Waals surface area (Å²) in [6.07, 6.45) is -4.41. The van der Waals surface area contributed by atoms with Crippen LogP contribution in [-0.2, 0) is 12.7 Å². The first-order chi connectivity index (χ1) is 6.50. The van der Waals surface area contributed by atoms with Crippen molar-refractivity contribution in [2.75, 3.05) is 6.54 Å². The Balaban J connectivity index is 2.46. The van der Waals surface area contributed by atoms with Crippen LogP contribution in [0.25, 0.3) is 0 Å². The number of halogens is 3. The van der Waals surface area contributed by atoms with E-state index >= 15 is 0 Å². The first kappa shape index (κ1) is 9.45. The Bertz CT molecular complexity index is 343. The molecule has 0 amide bonds. The van der Waals surface area contributed by atoms with Gasteiger partial charge in [-0.2, -0.15) is 13.2 Å². The van der Waals surface area contributed by atoms with Crippen LogP contribution in [0, 0.1) is 0 Å². The zero-order chi connectivity index (χ0) is 10.3. The summed E-state index contributed by atoms with van der Waals surface area (Å²) < 4.78 is 38.3. The van der Waals surface area contributed by atoms with Gasteiger partial charge in [0.25, 0.3) is 0 Å². The lowest BCUT2D eigenvalue weighted by molar-refractivity contribution is -0.147. The van der Waals surface area contributed by atoms with Gasteiger partial charge >= 0.3 is 6.18 Å². The molecule has 0 aromatic carbocycles. The second kappa shape index (κ2) is 2.94. The lowest BCUT2D eigenvalue weighted by Gasteiger charge is -2.22. The molecule has 1 aliphatic rings. The zero-order valence-corrected chi connectivity index (χ0v) is 7.47. The van der Waals surface area contributed by atoms with Crippen molar-refractivity contribution < 1.29 is 13.2 Å². The average Bonchev–Trinajstić information content (AvgIpc) is 2.47. The van der Waals surface area contributed by atoms with Gasteiger partial charge < -0.3 is 9.88 Å². The fourth-order valence-corrected chi connectivity index (χ4v) is 1.55. The molecule has 2 heterocycles. The highest BCUT2D eigenvalue weighted by Gasteiger charge is 2.39. The van der Waals surface area contributed by atoms with E-state index in [2.05, 4.69) is 15.5 Å². The van der Waals surface area contributed by atoms with Gasteiger partial charge in [-0.3, -0.25) is 0 Å². The van der Waals surface area contributed by atoms with Crippen LogP contribution in [-0.4, -0.2) is 21.3 Å². The molecule has 14 heavy (non-hydrogen) atoms. The Labute approximate surface area is 78.1 Å². The van der Waals surface area contributed by atoms with Crippen LogP contribution in [0.3, 0.4) is 0 Å². The van der Waals surface area contributed by atoms with Gasteiger partial charge in [0.15, 0.2) is 0 Å². The van der Waals surface area contributed by atoms with E-state index in [-0.39, 0.29) is 12.6 Å². The summed E-state index contributed by atoms with van der Waals surface area (Å²) in [5.41, 5.74) is 0. The maximum atomic E-state index is 12.4. The molecule has 0 bridgehead atoms. The van der Waals surface area contributed by atoms with E-state index < -0.39 is 12.0 Å². The number of hydrogen-bond acceptors (Lipinski definition) is 3. The molecule has 0 saturated carbocycles. The summed E-state index contributed by atoms with van der Waals surface area (Å²) in [7, 11) is 0. The zero-order valence-electron chi connectivity index (χ0n) is 7.47. The standard InChI is InChI=1S/C7H9F3N4/c1-4-5-12-13-6(7(8,9)10)14(5)3-2-11-4/h4,11H,2-3H2,1H3. The lowest BCUT2D eigenvalue weighted by atomic mass is 10.2. The molecule has 1 unspecified atom stereocenters. The summed E-state index contributed by atoms with van der Waals surface area (Å²) in [5, 5.41) is 9.71. The van der Waals surface area contributed by atoms with Gasteiger partial charge in [0.05, 0.1) is 6.04 Å². The summed E-state index contributed by atoms with van der Waals surface area (Å²) in [4.78, 5) is 0. The van der Waals surface area contributed by atoms with Crippen molar-refractivity contribution >= 4 is 0 Å².